The Kier molecular flexibility index (Phi) is 20.6. The van der Waals surface area contributed by atoms with Crippen molar-refractivity contribution in [3.63, 3.8) is 0 Å². The van der Waals surface area contributed by atoms with Crippen LogP contribution in [0.25, 0.3) is 122 Å². The van der Waals surface area contributed by atoms with E-state index in [1.54, 1.807) is 0 Å². The molecule has 0 unspecified atom stereocenters. The Labute approximate surface area is 576 Å². The molecule has 2 radical (unpaired) electrons. The molecule has 1 aliphatic heterocycles. The normalized spacial score (nSPS) is 12.7. The van der Waals surface area contributed by atoms with E-state index >= 15 is 0 Å². The molecule has 0 atom stereocenters. The number of halogens is 1. The van der Waals surface area contributed by atoms with Crippen LogP contribution in [0, 0.1) is 12.1 Å². The van der Waals surface area contributed by atoms with Crippen molar-refractivity contribution < 1.29 is 49.5 Å². The van der Waals surface area contributed by atoms with Crippen molar-refractivity contribution in [3.8, 4) is 100 Å². The van der Waals surface area contributed by atoms with Crippen LogP contribution in [0.4, 0.5) is 0 Å². The summed E-state index contributed by atoms with van der Waals surface area (Å²) in [6.45, 7) is 8.36. The third-order valence-corrected chi connectivity index (χ3v) is 17.5. The molecular formula is C84H64BBrIr2N2O2-2. The van der Waals surface area contributed by atoms with Crippen LogP contribution in [0.3, 0.4) is 0 Å². The van der Waals surface area contributed by atoms with Gasteiger partial charge in [0.2, 0.25) is 0 Å². The van der Waals surface area contributed by atoms with E-state index in [-0.39, 0.29) is 58.5 Å². The monoisotopic (exact) mass is 1610 g/mol. The molecule has 1 aliphatic rings. The molecule has 8 heteroatoms. The second-order valence-electron chi connectivity index (χ2n) is 23.5. The molecule has 452 valence electrons. The number of nitrogens with zero attached hydrogens (tertiary/aromatic N) is 2. The molecule has 0 saturated carbocycles. The van der Waals surface area contributed by atoms with Gasteiger partial charge in [0.25, 0.3) is 0 Å². The predicted octanol–water partition coefficient (Wildman–Crippen LogP) is 21.8. The van der Waals surface area contributed by atoms with E-state index in [2.05, 4.69) is 322 Å². The fraction of sp³-hybridized carbons (Fsp3) is 0.0714. The van der Waals surface area contributed by atoms with E-state index in [1.807, 2.05) is 54.9 Å². The molecule has 3 heterocycles. The minimum atomic E-state index is -0.374. The molecule has 1 saturated heterocycles. The standard InChI is InChI=1S/C39H26N.C30H29BO2.C15H9BrN.2Ir/c1-3-11-28(12-4-1)35-25-36(29-13-5-2-6-14-29)27-37(26-35)33-18-9-16-31(23-33)32-17-10-19-34(24-32)39-38-20-8-7-15-30(38)21-22-40-39;1-29(2)30(3,4)33-31(32-29)28-17-11-16-24(21-28)27-19-25(22-12-7-5-8-13-22)18-26(20-27)23-14-9-6-10-15-23;16-13-6-3-5-12(10-13)15-14-7-2-1-4-11(14)8-9-17-15;;/h1-18,20-27H;5-21H,1-4H3;1-4,6-10H;;/q-1;;-1;;. The van der Waals surface area contributed by atoms with Gasteiger partial charge >= 0.3 is 7.12 Å². The first-order valence-corrected chi connectivity index (χ1v) is 31.2. The van der Waals surface area contributed by atoms with Gasteiger partial charge in [-0.15, -0.1) is 65.2 Å². The summed E-state index contributed by atoms with van der Waals surface area (Å²) in [6.07, 6.45) is 3.72. The molecule has 12 aromatic carbocycles. The van der Waals surface area contributed by atoms with Gasteiger partial charge < -0.3 is 19.3 Å². The van der Waals surface area contributed by atoms with Gasteiger partial charge in [0, 0.05) is 52.6 Å². The number of hydrogen-bond acceptors (Lipinski definition) is 4. The Hall–Kier alpha value is -8.78. The Morgan fingerprint density at radius 1 is 0.315 bits per heavy atom. The van der Waals surface area contributed by atoms with Gasteiger partial charge in [-0.25, -0.2) is 0 Å². The number of pyridine rings is 2. The zero-order valence-corrected chi connectivity index (χ0v) is 57.7. The van der Waals surface area contributed by atoms with E-state index in [9.17, 15) is 0 Å². The molecular weight excluding hydrogens is 1540 g/mol. The largest absolute Gasteiger partial charge is 0.494 e. The van der Waals surface area contributed by atoms with Crippen LogP contribution in [0.2, 0.25) is 0 Å². The summed E-state index contributed by atoms with van der Waals surface area (Å²) in [5.41, 5.74) is 20.9. The number of hydrogen-bond donors (Lipinski definition) is 0. The van der Waals surface area contributed by atoms with Crippen molar-refractivity contribution in [3.05, 3.63) is 332 Å². The van der Waals surface area contributed by atoms with Crippen molar-refractivity contribution in [2.45, 2.75) is 38.9 Å². The minimum Gasteiger partial charge on any atom is -0.399 e. The quantitative estimate of drug-likeness (QED) is 0.101. The Bertz CT molecular complexity index is 4680. The zero-order valence-electron chi connectivity index (χ0n) is 51.4. The van der Waals surface area contributed by atoms with Gasteiger partial charge in [-0.3, -0.25) is 0 Å². The van der Waals surface area contributed by atoms with Gasteiger partial charge in [0.05, 0.1) is 11.2 Å². The maximum absolute atomic E-state index is 6.30. The van der Waals surface area contributed by atoms with Crippen LogP contribution in [0.5, 0.6) is 0 Å². The Morgan fingerprint density at radius 2 is 0.641 bits per heavy atom. The van der Waals surface area contributed by atoms with E-state index < -0.39 is 0 Å². The van der Waals surface area contributed by atoms with Gasteiger partial charge in [-0.1, -0.05) is 233 Å². The van der Waals surface area contributed by atoms with Crippen molar-refractivity contribution in [2.75, 3.05) is 0 Å². The van der Waals surface area contributed by atoms with Crippen LogP contribution >= 0.6 is 15.9 Å². The summed E-state index contributed by atoms with van der Waals surface area (Å²) in [6, 6.07) is 113. The van der Waals surface area contributed by atoms with Crippen LogP contribution < -0.4 is 5.46 Å². The van der Waals surface area contributed by atoms with Crippen molar-refractivity contribution in [1.29, 1.82) is 0 Å². The molecule has 0 aliphatic carbocycles. The average Bonchev–Trinajstić information content (AvgIpc) is 1.41. The molecule has 0 spiro atoms. The van der Waals surface area contributed by atoms with Crippen LogP contribution in [0.15, 0.2) is 320 Å². The first kappa shape index (κ1) is 64.7. The molecule has 14 aromatic rings. The van der Waals surface area contributed by atoms with Crippen molar-refractivity contribution in [1.82, 2.24) is 9.97 Å². The summed E-state index contributed by atoms with van der Waals surface area (Å²) in [5, 5.41) is 4.68. The molecule has 92 heavy (non-hydrogen) atoms. The number of benzene rings is 12. The second-order valence-corrected chi connectivity index (χ2v) is 24.4. The second kappa shape index (κ2) is 29.2. The summed E-state index contributed by atoms with van der Waals surface area (Å²) in [7, 11) is -0.374. The molecule has 4 nitrogen and oxygen atoms in total. The van der Waals surface area contributed by atoms with Gasteiger partial charge in [0.1, 0.15) is 0 Å². The summed E-state index contributed by atoms with van der Waals surface area (Å²) in [4.78, 5) is 9.19. The minimum absolute atomic E-state index is 0. The fourth-order valence-electron chi connectivity index (χ4n) is 11.5. The van der Waals surface area contributed by atoms with Gasteiger partial charge in [-0.05, 0) is 193 Å². The SMILES string of the molecule is Brc1cc[c-]c(-c2nccc3ccccc23)c1.CC1(C)OB(c2cccc(-c3cc(-c4ccccc4)cc(-c4ccccc4)c3)c2)OC1(C)C.[Ir].[Ir].[c-]1ccc(-c2cccc(-c3cc(-c4ccccc4)cc(-c4ccccc4)c3)c2)cc1-c1nccc2ccccc12. The van der Waals surface area contributed by atoms with Crippen molar-refractivity contribution >= 4 is 50.1 Å². The van der Waals surface area contributed by atoms with Crippen LogP contribution in [-0.2, 0) is 49.5 Å². The molecule has 0 amide bonds. The zero-order chi connectivity index (χ0) is 61.4. The maximum Gasteiger partial charge on any atom is 0.494 e. The molecule has 15 rings (SSSR count). The van der Waals surface area contributed by atoms with E-state index in [0.717, 1.165) is 54.3 Å². The van der Waals surface area contributed by atoms with Gasteiger partial charge in [-0.2, -0.15) is 0 Å². The average molecular weight is 1610 g/mol. The Morgan fingerprint density at radius 3 is 1.08 bits per heavy atom. The topological polar surface area (TPSA) is 44.2 Å². The summed E-state index contributed by atoms with van der Waals surface area (Å²) >= 11 is 3.48. The third-order valence-electron chi connectivity index (χ3n) is 17.0. The Balaban J connectivity index is 0.000000150. The number of aromatic nitrogens is 2. The van der Waals surface area contributed by atoms with Crippen LogP contribution in [-0.4, -0.2) is 28.3 Å². The van der Waals surface area contributed by atoms with Crippen molar-refractivity contribution in [2.24, 2.45) is 0 Å². The summed E-state index contributed by atoms with van der Waals surface area (Å²) < 4.78 is 13.7. The summed E-state index contributed by atoms with van der Waals surface area (Å²) in [5.74, 6) is 0. The first-order valence-electron chi connectivity index (χ1n) is 30.4. The molecule has 0 bridgehead atoms. The fourth-order valence-corrected chi connectivity index (χ4v) is 11.9. The number of rotatable bonds is 10. The molecule has 1 fully saturated rings. The molecule has 0 N–H and O–H groups in total. The molecule has 2 aromatic heterocycles. The van der Waals surface area contributed by atoms with E-state index in [0.29, 0.717) is 0 Å². The van der Waals surface area contributed by atoms with Crippen LogP contribution in [0.1, 0.15) is 27.7 Å². The maximum atomic E-state index is 6.30. The smallest absolute Gasteiger partial charge is 0.399 e. The van der Waals surface area contributed by atoms with E-state index in [4.69, 9.17) is 14.3 Å². The van der Waals surface area contributed by atoms with Gasteiger partial charge in [0.15, 0.2) is 0 Å². The van der Waals surface area contributed by atoms with E-state index in [1.165, 1.54) is 77.5 Å². The number of fused-ring (bicyclic) bond motifs is 2. The predicted molar refractivity (Wildman–Crippen MR) is 380 cm³/mol. The third kappa shape index (κ3) is 14.8. The first-order chi connectivity index (χ1) is 44.0.